The first-order valence-electron chi connectivity index (χ1n) is 8.81. The third kappa shape index (κ3) is 4.38. The topological polar surface area (TPSA) is 80.5 Å². The molecule has 3 rings (SSSR count). The van der Waals surface area contributed by atoms with Crippen LogP contribution in [0.25, 0.3) is 10.9 Å². The molecule has 1 aromatic heterocycles. The molecular weight excluding hydrogens is 396 g/mol. The maximum atomic E-state index is 12.4. The minimum atomic E-state index is -0.491. The van der Waals surface area contributed by atoms with E-state index in [1.54, 1.807) is 11.1 Å². The lowest BCUT2D eigenvalue weighted by Gasteiger charge is -2.35. The summed E-state index contributed by atoms with van der Waals surface area (Å²) < 4.78 is 6.48. The second-order valence-electron chi connectivity index (χ2n) is 7.66. The Morgan fingerprint density at radius 1 is 1.42 bits per heavy atom. The molecule has 1 unspecified atom stereocenters. The number of fused-ring (bicyclic) bond motifs is 1. The van der Waals surface area contributed by atoms with E-state index in [1.165, 1.54) is 0 Å². The number of likely N-dealkylation sites (tertiary alicyclic amines) is 1. The highest BCUT2D eigenvalue weighted by atomic mass is 79.9. The molecule has 0 spiro atoms. The average molecular weight is 421 g/mol. The van der Waals surface area contributed by atoms with Crippen LogP contribution in [0, 0.1) is 0 Å². The van der Waals surface area contributed by atoms with Crippen molar-refractivity contribution in [1.82, 2.24) is 9.88 Å². The number of benzene rings is 1. The monoisotopic (exact) mass is 420 g/mol. The summed E-state index contributed by atoms with van der Waals surface area (Å²) in [6.45, 7) is 6.95. The van der Waals surface area contributed by atoms with E-state index >= 15 is 0 Å². The molecule has 0 bridgehead atoms. The molecule has 2 heterocycles. The molecule has 1 aliphatic heterocycles. The molecule has 2 aromatic rings. The second kappa shape index (κ2) is 7.31. The molecule has 1 aromatic carbocycles. The van der Waals surface area contributed by atoms with Crippen LogP contribution >= 0.6 is 15.9 Å². The minimum absolute atomic E-state index is 0.114. The Hall–Kier alpha value is -2.02. The summed E-state index contributed by atoms with van der Waals surface area (Å²) in [7, 11) is 0. The van der Waals surface area contributed by atoms with Crippen LogP contribution in [-0.2, 0) is 4.74 Å². The molecule has 1 fully saturated rings. The van der Waals surface area contributed by atoms with Gasteiger partial charge in [-0.1, -0.05) is 15.9 Å². The Morgan fingerprint density at radius 2 is 2.19 bits per heavy atom. The second-order valence-corrected chi connectivity index (χ2v) is 8.58. The summed E-state index contributed by atoms with van der Waals surface area (Å²) in [6.07, 6.45) is 3.30. The van der Waals surface area contributed by atoms with Gasteiger partial charge in [-0.05, 0) is 51.8 Å². The predicted molar refractivity (Wildman–Crippen MR) is 108 cm³/mol. The maximum absolute atomic E-state index is 12.4. The Labute approximate surface area is 162 Å². The number of halogens is 1. The Bertz CT molecular complexity index is 814. The molecule has 140 valence electrons. The van der Waals surface area contributed by atoms with Gasteiger partial charge >= 0.3 is 6.09 Å². The molecule has 0 saturated carbocycles. The fraction of sp³-hybridized carbons (Fsp3) is 0.474. The lowest BCUT2D eigenvalue weighted by atomic mass is 10.0. The van der Waals surface area contributed by atoms with Gasteiger partial charge in [0.1, 0.15) is 5.60 Å². The highest BCUT2D eigenvalue weighted by Crippen LogP contribution is 2.31. The van der Waals surface area contributed by atoms with E-state index in [0.29, 0.717) is 18.8 Å². The fourth-order valence-corrected chi connectivity index (χ4v) is 3.49. The van der Waals surface area contributed by atoms with Crippen LogP contribution in [0.1, 0.15) is 33.6 Å². The lowest BCUT2D eigenvalue weighted by Crippen LogP contribution is -2.47. The first kappa shape index (κ1) is 18.8. The number of aromatic nitrogens is 1. The van der Waals surface area contributed by atoms with E-state index in [0.717, 1.165) is 33.9 Å². The molecule has 26 heavy (non-hydrogen) atoms. The summed E-state index contributed by atoms with van der Waals surface area (Å²) >= 11 is 3.51. The van der Waals surface area contributed by atoms with Crippen molar-refractivity contribution in [1.29, 1.82) is 0 Å². The standard InChI is InChI=1S/C19H25BrN4O2/c1-19(2,3)26-18(25)24-8-4-5-13(11-24)23-17-14-9-12(20)6-7-16(14)22-10-15(17)21/h6-7,9-10,13H,4-5,8,11,21H2,1-3H3,(H,22,23). The van der Waals surface area contributed by atoms with Crippen molar-refractivity contribution < 1.29 is 9.53 Å². The van der Waals surface area contributed by atoms with Crippen molar-refractivity contribution >= 4 is 44.3 Å². The summed E-state index contributed by atoms with van der Waals surface area (Å²) in [5.41, 5.74) is 8.04. The molecule has 3 N–H and O–H groups in total. The van der Waals surface area contributed by atoms with Crippen molar-refractivity contribution in [2.24, 2.45) is 0 Å². The Morgan fingerprint density at radius 3 is 2.92 bits per heavy atom. The van der Waals surface area contributed by atoms with E-state index in [4.69, 9.17) is 10.5 Å². The van der Waals surface area contributed by atoms with Gasteiger partial charge in [0.15, 0.2) is 0 Å². The van der Waals surface area contributed by atoms with Crippen LogP contribution in [0.5, 0.6) is 0 Å². The van der Waals surface area contributed by atoms with Crippen LogP contribution in [0.4, 0.5) is 16.2 Å². The summed E-state index contributed by atoms with van der Waals surface area (Å²) in [5, 5.41) is 4.50. The van der Waals surface area contributed by atoms with Gasteiger partial charge in [-0.3, -0.25) is 4.98 Å². The van der Waals surface area contributed by atoms with Crippen LogP contribution in [-0.4, -0.2) is 40.7 Å². The van der Waals surface area contributed by atoms with Crippen molar-refractivity contribution in [3.05, 3.63) is 28.9 Å². The van der Waals surface area contributed by atoms with Crippen LogP contribution in [0.2, 0.25) is 0 Å². The zero-order chi connectivity index (χ0) is 18.9. The number of carbonyl (C=O) groups is 1. The molecule has 1 aliphatic rings. The number of nitrogens with two attached hydrogens (primary N) is 1. The third-order valence-corrected chi connectivity index (χ3v) is 4.77. The molecule has 1 atom stereocenters. The zero-order valence-electron chi connectivity index (χ0n) is 15.4. The van der Waals surface area contributed by atoms with E-state index in [9.17, 15) is 4.79 Å². The lowest BCUT2D eigenvalue weighted by molar-refractivity contribution is 0.0206. The van der Waals surface area contributed by atoms with Crippen LogP contribution in [0.15, 0.2) is 28.9 Å². The maximum Gasteiger partial charge on any atom is 0.410 e. The molecule has 1 amide bonds. The molecule has 0 aliphatic carbocycles. The van der Waals surface area contributed by atoms with Gasteiger partial charge in [-0.2, -0.15) is 0 Å². The number of nitrogens with zero attached hydrogens (tertiary/aromatic N) is 2. The molecule has 0 radical (unpaired) electrons. The Balaban J connectivity index is 1.79. The smallest absolute Gasteiger partial charge is 0.410 e. The SMILES string of the molecule is CC(C)(C)OC(=O)N1CCCC(Nc2c(N)cnc3ccc(Br)cc23)C1. The zero-order valence-corrected chi connectivity index (χ0v) is 17.0. The largest absolute Gasteiger partial charge is 0.444 e. The van der Waals surface area contributed by atoms with E-state index < -0.39 is 5.60 Å². The van der Waals surface area contributed by atoms with Crippen LogP contribution < -0.4 is 11.1 Å². The summed E-state index contributed by atoms with van der Waals surface area (Å²) in [4.78, 5) is 18.5. The number of pyridine rings is 1. The van der Waals surface area contributed by atoms with Gasteiger partial charge in [0.05, 0.1) is 23.1 Å². The van der Waals surface area contributed by atoms with Crippen LogP contribution in [0.3, 0.4) is 0 Å². The van der Waals surface area contributed by atoms with Crippen molar-refractivity contribution in [3.63, 3.8) is 0 Å². The highest BCUT2D eigenvalue weighted by Gasteiger charge is 2.28. The normalized spacial score (nSPS) is 18.0. The first-order chi connectivity index (χ1) is 12.2. The number of carbonyl (C=O) groups excluding carboxylic acids is 1. The van der Waals surface area contributed by atoms with E-state index in [2.05, 4.69) is 26.2 Å². The van der Waals surface area contributed by atoms with Crippen molar-refractivity contribution in [2.75, 3.05) is 24.1 Å². The number of nitrogen functional groups attached to an aromatic ring is 1. The van der Waals surface area contributed by atoms with Gasteiger partial charge < -0.3 is 20.7 Å². The number of hydrogen-bond acceptors (Lipinski definition) is 5. The quantitative estimate of drug-likeness (QED) is 0.752. The number of ether oxygens (including phenoxy) is 1. The number of amides is 1. The molecule has 7 heteroatoms. The third-order valence-electron chi connectivity index (χ3n) is 4.28. The number of hydrogen-bond donors (Lipinski definition) is 2. The van der Waals surface area contributed by atoms with Gasteiger partial charge in [-0.15, -0.1) is 0 Å². The fourth-order valence-electron chi connectivity index (χ4n) is 3.13. The number of piperidine rings is 1. The summed E-state index contributed by atoms with van der Waals surface area (Å²) in [6, 6.07) is 6.04. The van der Waals surface area contributed by atoms with Gasteiger partial charge in [0.25, 0.3) is 0 Å². The number of nitrogens with one attached hydrogen (secondary N) is 1. The highest BCUT2D eigenvalue weighted by molar-refractivity contribution is 9.10. The van der Waals surface area contributed by atoms with Gasteiger partial charge in [0.2, 0.25) is 0 Å². The molecular formula is C19H25BrN4O2. The first-order valence-corrected chi connectivity index (χ1v) is 9.60. The Kier molecular flexibility index (Phi) is 5.27. The minimum Gasteiger partial charge on any atom is -0.444 e. The molecule has 6 nitrogen and oxygen atoms in total. The average Bonchev–Trinajstić information content (AvgIpc) is 2.56. The van der Waals surface area contributed by atoms with Crippen molar-refractivity contribution in [2.45, 2.75) is 45.3 Å². The van der Waals surface area contributed by atoms with Crippen molar-refractivity contribution in [3.8, 4) is 0 Å². The predicted octanol–water partition coefficient (Wildman–Crippen LogP) is 4.39. The molecule has 1 saturated heterocycles. The van der Waals surface area contributed by atoms with E-state index in [1.807, 2.05) is 39.0 Å². The van der Waals surface area contributed by atoms with E-state index in [-0.39, 0.29) is 12.1 Å². The number of rotatable bonds is 2. The number of anilines is 2. The summed E-state index contributed by atoms with van der Waals surface area (Å²) in [5.74, 6) is 0. The van der Waals surface area contributed by atoms with Gasteiger partial charge in [-0.25, -0.2) is 4.79 Å². The van der Waals surface area contributed by atoms with Gasteiger partial charge in [0, 0.05) is 29.0 Å².